The van der Waals surface area contributed by atoms with Crippen LogP contribution in [0.3, 0.4) is 0 Å². The van der Waals surface area contributed by atoms with Crippen LogP contribution in [0.1, 0.15) is 32.2 Å². The van der Waals surface area contributed by atoms with Crippen molar-refractivity contribution in [3.63, 3.8) is 0 Å². The number of likely N-dealkylation sites (N-methyl/N-ethyl adjacent to an activating group) is 1. The number of rotatable bonds is 4. The predicted molar refractivity (Wildman–Crippen MR) is 104 cm³/mol. The lowest BCUT2D eigenvalue weighted by molar-refractivity contribution is 0.0714. The topological polar surface area (TPSA) is 105 Å². The highest BCUT2D eigenvalue weighted by Gasteiger charge is 2.30. The molecular weight excluding hydrogens is 382 g/mol. The van der Waals surface area contributed by atoms with E-state index in [9.17, 15) is 9.59 Å². The van der Waals surface area contributed by atoms with Crippen LogP contribution in [0.2, 0.25) is 5.02 Å². The summed E-state index contributed by atoms with van der Waals surface area (Å²) in [6.45, 7) is 0.917. The third-order valence-corrected chi connectivity index (χ3v) is 5.38. The highest BCUT2D eigenvalue weighted by molar-refractivity contribution is 6.35. The first-order chi connectivity index (χ1) is 13.5. The fourth-order valence-corrected chi connectivity index (χ4v) is 3.71. The minimum absolute atomic E-state index is 0.123. The number of amides is 2. The molecule has 28 heavy (non-hydrogen) atoms. The van der Waals surface area contributed by atoms with Gasteiger partial charge < -0.3 is 19.9 Å². The van der Waals surface area contributed by atoms with Gasteiger partial charge in [-0.1, -0.05) is 17.7 Å². The number of nitrogens with one attached hydrogen (secondary N) is 2. The fourth-order valence-electron chi connectivity index (χ4n) is 3.48. The molecule has 2 aromatic heterocycles. The quantitative estimate of drug-likeness (QED) is 0.620. The van der Waals surface area contributed by atoms with Gasteiger partial charge in [0.1, 0.15) is 5.69 Å². The van der Waals surface area contributed by atoms with Crippen LogP contribution in [0.25, 0.3) is 10.9 Å². The van der Waals surface area contributed by atoms with Crippen molar-refractivity contribution in [1.29, 1.82) is 0 Å². The molecule has 2 amide bonds. The van der Waals surface area contributed by atoms with Crippen molar-refractivity contribution in [3.05, 3.63) is 51.9 Å². The SMILES string of the molecule is CN(CCO)C(=O)c1n[nH]c2c1CN(C(=O)c1cc3c(Cl)cccc3[nH]1)CC2. The molecule has 3 heterocycles. The zero-order chi connectivity index (χ0) is 19.8. The summed E-state index contributed by atoms with van der Waals surface area (Å²) in [4.78, 5) is 31.8. The first-order valence-corrected chi connectivity index (χ1v) is 9.36. The number of halogens is 1. The Hall–Kier alpha value is -2.84. The molecule has 0 spiro atoms. The molecular formula is C19H20ClN5O3. The summed E-state index contributed by atoms with van der Waals surface area (Å²) in [6, 6.07) is 7.24. The van der Waals surface area contributed by atoms with Gasteiger partial charge in [-0.05, 0) is 18.2 Å². The number of benzene rings is 1. The average molecular weight is 402 g/mol. The molecule has 0 saturated heterocycles. The number of carbonyl (C=O) groups excluding carboxylic acids is 2. The van der Waals surface area contributed by atoms with Crippen molar-refractivity contribution in [1.82, 2.24) is 25.0 Å². The highest BCUT2D eigenvalue weighted by Crippen LogP contribution is 2.26. The first-order valence-electron chi connectivity index (χ1n) is 8.98. The van der Waals surface area contributed by atoms with Crippen molar-refractivity contribution in [3.8, 4) is 0 Å². The van der Waals surface area contributed by atoms with Gasteiger partial charge in [0, 0.05) is 53.7 Å². The van der Waals surface area contributed by atoms with Crippen LogP contribution in [0.4, 0.5) is 0 Å². The van der Waals surface area contributed by atoms with E-state index in [1.165, 1.54) is 4.90 Å². The van der Waals surface area contributed by atoms with E-state index in [2.05, 4.69) is 15.2 Å². The minimum atomic E-state index is -0.279. The van der Waals surface area contributed by atoms with Gasteiger partial charge in [0.15, 0.2) is 5.69 Å². The van der Waals surface area contributed by atoms with Gasteiger partial charge in [0.2, 0.25) is 0 Å². The lowest BCUT2D eigenvalue weighted by Gasteiger charge is -2.27. The predicted octanol–water partition coefficient (Wildman–Crippen LogP) is 1.81. The normalized spacial score (nSPS) is 13.6. The Labute approximate surface area is 166 Å². The number of H-pyrrole nitrogens is 2. The maximum Gasteiger partial charge on any atom is 0.274 e. The fraction of sp³-hybridized carbons (Fsp3) is 0.316. The summed E-state index contributed by atoms with van der Waals surface area (Å²) in [7, 11) is 1.61. The Kier molecular flexibility index (Phi) is 4.82. The van der Waals surface area contributed by atoms with Crippen molar-refractivity contribution < 1.29 is 14.7 Å². The van der Waals surface area contributed by atoms with Gasteiger partial charge in [0.25, 0.3) is 11.8 Å². The summed E-state index contributed by atoms with van der Waals surface area (Å²) in [5.74, 6) is -0.431. The number of aromatic amines is 2. The molecule has 3 aromatic rings. The molecule has 0 fully saturated rings. The summed E-state index contributed by atoms with van der Waals surface area (Å²) < 4.78 is 0. The Bertz CT molecular complexity index is 1060. The summed E-state index contributed by atoms with van der Waals surface area (Å²) >= 11 is 6.21. The molecule has 1 aromatic carbocycles. The molecule has 3 N–H and O–H groups in total. The molecule has 0 aliphatic carbocycles. The van der Waals surface area contributed by atoms with Crippen molar-refractivity contribution in [2.24, 2.45) is 0 Å². The maximum atomic E-state index is 13.0. The summed E-state index contributed by atoms with van der Waals surface area (Å²) in [6.07, 6.45) is 0.589. The number of aromatic nitrogens is 3. The van der Waals surface area contributed by atoms with Gasteiger partial charge in [-0.3, -0.25) is 14.7 Å². The maximum absolute atomic E-state index is 13.0. The lowest BCUT2D eigenvalue weighted by Crippen LogP contribution is -2.37. The molecule has 9 heteroatoms. The largest absolute Gasteiger partial charge is 0.395 e. The van der Waals surface area contributed by atoms with E-state index in [1.54, 1.807) is 24.1 Å². The molecule has 0 bridgehead atoms. The van der Waals surface area contributed by atoms with E-state index >= 15 is 0 Å². The number of aliphatic hydroxyl groups excluding tert-OH is 1. The van der Waals surface area contributed by atoms with Crippen LogP contribution in [-0.4, -0.2) is 68.6 Å². The van der Waals surface area contributed by atoms with Gasteiger partial charge in [0.05, 0.1) is 13.2 Å². The number of hydrogen-bond acceptors (Lipinski definition) is 4. The van der Waals surface area contributed by atoms with E-state index < -0.39 is 0 Å². The molecule has 0 radical (unpaired) electrons. The van der Waals surface area contributed by atoms with Crippen LogP contribution in [0, 0.1) is 0 Å². The van der Waals surface area contributed by atoms with Crippen LogP contribution < -0.4 is 0 Å². The zero-order valence-corrected chi connectivity index (χ0v) is 16.1. The van der Waals surface area contributed by atoms with Crippen molar-refractivity contribution in [2.45, 2.75) is 13.0 Å². The molecule has 1 aliphatic rings. The van der Waals surface area contributed by atoms with E-state index in [0.717, 1.165) is 22.2 Å². The minimum Gasteiger partial charge on any atom is -0.395 e. The molecule has 4 rings (SSSR count). The number of aliphatic hydroxyl groups is 1. The second-order valence-corrected chi connectivity index (χ2v) is 7.25. The monoisotopic (exact) mass is 401 g/mol. The Morgan fingerprint density at radius 3 is 2.96 bits per heavy atom. The van der Waals surface area contributed by atoms with Crippen LogP contribution in [0.5, 0.6) is 0 Å². The lowest BCUT2D eigenvalue weighted by atomic mass is 10.0. The Morgan fingerprint density at radius 2 is 2.21 bits per heavy atom. The number of nitrogens with zero attached hydrogens (tertiary/aromatic N) is 3. The second kappa shape index (κ2) is 7.29. The van der Waals surface area contributed by atoms with E-state index in [0.29, 0.717) is 35.9 Å². The average Bonchev–Trinajstić information content (AvgIpc) is 3.31. The summed E-state index contributed by atoms with van der Waals surface area (Å²) in [5, 5.41) is 17.5. The molecule has 8 nitrogen and oxygen atoms in total. The zero-order valence-electron chi connectivity index (χ0n) is 15.3. The van der Waals surface area contributed by atoms with Crippen molar-refractivity contribution >= 4 is 34.3 Å². The Balaban J connectivity index is 1.59. The standard InChI is InChI=1S/C19H20ClN5O3/c1-24(7-8-26)19(28)17-12-10-25(6-5-15(12)22-23-17)18(27)16-9-11-13(20)3-2-4-14(11)21-16/h2-4,9,21,26H,5-8,10H2,1H3,(H,22,23). The number of carbonyl (C=O) groups is 2. The number of fused-ring (bicyclic) bond motifs is 2. The molecule has 0 saturated carbocycles. The molecule has 146 valence electrons. The highest BCUT2D eigenvalue weighted by atomic mass is 35.5. The van der Waals surface area contributed by atoms with Gasteiger partial charge in [-0.15, -0.1) is 0 Å². The van der Waals surface area contributed by atoms with E-state index in [4.69, 9.17) is 16.7 Å². The van der Waals surface area contributed by atoms with Gasteiger partial charge in [-0.25, -0.2) is 0 Å². The van der Waals surface area contributed by atoms with Gasteiger partial charge in [-0.2, -0.15) is 5.10 Å². The summed E-state index contributed by atoms with van der Waals surface area (Å²) in [5.41, 5.74) is 3.15. The third kappa shape index (κ3) is 3.14. The van der Waals surface area contributed by atoms with Crippen LogP contribution in [-0.2, 0) is 13.0 Å². The Morgan fingerprint density at radius 1 is 1.39 bits per heavy atom. The molecule has 0 unspecified atom stereocenters. The van der Waals surface area contributed by atoms with E-state index in [-0.39, 0.29) is 25.0 Å². The van der Waals surface area contributed by atoms with Crippen molar-refractivity contribution in [2.75, 3.05) is 26.7 Å². The van der Waals surface area contributed by atoms with Gasteiger partial charge >= 0.3 is 0 Å². The number of hydrogen-bond donors (Lipinski definition) is 3. The molecule has 1 aliphatic heterocycles. The van der Waals surface area contributed by atoms with Crippen LogP contribution in [0.15, 0.2) is 24.3 Å². The first kappa shape index (κ1) is 18.5. The van der Waals surface area contributed by atoms with E-state index in [1.807, 2.05) is 12.1 Å². The third-order valence-electron chi connectivity index (χ3n) is 5.05. The smallest absolute Gasteiger partial charge is 0.274 e. The molecule has 0 atom stereocenters. The van der Waals surface area contributed by atoms with Crippen LogP contribution >= 0.6 is 11.6 Å². The second-order valence-electron chi connectivity index (χ2n) is 6.84.